The summed E-state index contributed by atoms with van der Waals surface area (Å²) in [7, 11) is 0. The van der Waals surface area contributed by atoms with Crippen LogP contribution in [0, 0.1) is 20.8 Å². The molecule has 2 aromatic carbocycles. The summed E-state index contributed by atoms with van der Waals surface area (Å²) >= 11 is 4.49. The Morgan fingerprint density at radius 2 is 1.85 bits per heavy atom. The largest absolute Gasteiger partial charge is 0.493 e. The summed E-state index contributed by atoms with van der Waals surface area (Å²) in [4.78, 5) is 23.6. The summed E-state index contributed by atoms with van der Waals surface area (Å²) in [6, 6.07) is 5.60. The van der Waals surface area contributed by atoms with E-state index >= 15 is 0 Å². The van der Waals surface area contributed by atoms with Crippen molar-refractivity contribution in [2.45, 2.75) is 85.2 Å². The van der Waals surface area contributed by atoms with Crippen molar-refractivity contribution < 1.29 is 23.8 Å². The van der Waals surface area contributed by atoms with Crippen LogP contribution >= 0.6 is 27.7 Å². The van der Waals surface area contributed by atoms with E-state index in [1.165, 1.54) is 36.8 Å². The molecule has 1 fully saturated rings. The molecule has 2 heterocycles. The zero-order chi connectivity index (χ0) is 28.2. The molecular weight excluding hydrogens is 578 g/mol. The highest BCUT2D eigenvalue weighted by atomic mass is 79.9. The van der Waals surface area contributed by atoms with Gasteiger partial charge in [-0.25, -0.2) is 0 Å². The van der Waals surface area contributed by atoms with Crippen LogP contribution in [-0.2, 0) is 11.2 Å². The van der Waals surface area contributed by atoms with Gasteiger partial charge in [0.05, 0.1) is 16.0 Å². The Kier molecular flexibility index (Phi) is 9.70. The number of halogens is 1. The van der Waals surface area contributed by atoms with Crippen molar-refractivity contribution in [1.29, 1.82) is 0 Å². The molecule has 2 aliphatic heterocycles. The smallest absolute Gasteiger partial charge is 0.290 e. The molecule has 0 aromatic heterocycles. The normalized spacial score (nSPS) is 19.6. The highest BCUT2D eigenvalue weighted by Gasteiger charge is 2.36. The number of fused-ring (bicyclic) bond motifs is 1. The molecule has 0 bridgehead atoms. The van der Waals surface area contributed by atoms with Crippen LogP contribution in [0.2, 0.25) is 0 Å². The molecule has 8 heteroatoms. The maximum Gasteiger partial charge on any atom is 0.290 e. The first-order chi connectivity index (χ1) is 18.6. The van der Waals surface area contributed by atoms with Gasteiger partial charge in [0, 0.05) is 5.56 Å². The maximum absolute atomic E-state index is 11.8. The number of amides is 2. The Bertz CT molecular complexity index is 1290. The molecule has 4 rings (SSSR count). The first-order valence-corrected chi connectivity index (χ1v) is 15.3. The molecule has 2 aliphatic rings. The van der Waals surface area contributed by atoms with E-state index in [9.17, 15) is 9.59 Å². The molecule has 2 aromatic rings. The van der Waals surface area contributed by atoms with Crippen molar-refractivity contribution in [3.8, 4) is 17.2 Å². The summed E-state index contributed by atoms with van der Waals surface area (Å²) in [5.74, 6) is 2.30. The fourth-order valence-corrected chi connectivity index (χ4v) is 6.20. The lowest BCUT2D eigenvalue weighted by Gasteiger charge is -2.38. The summed E-state index contributed by atoms with van der Waals surface area (Å²) in [6.45, 7) is 11.9. The molecule has 1 N–H and O–H groups in total. The van der Waals surface area contributed by atoms with Gasteiger partial charge in [0.1, 0.15) is 29.5 Å². The lowest BCUT2D eigenvalue weighted by molar-refractivity contribution is -0.115. The predicted molar refractivity (Wildman–Crippen MR) is 161 cm³/mol. The molecule has 39 heavy (non-hydrogen) atoms. The van der Waals surface area contributed by atoms with Gasteiger partial charge >= 0.3 is 0 Å². The van der Waals surface area contributed by atoms with Crippen LogP contribution in [0.3, 0.4) is 0 Å². The number of ether oxygens (including phenoxy) is 3. The Morgan fingerprint density at radius 1 is 1.08 bits per heavy atom. The Balaban J connectivity index is 1.41. The molecule has 1 unspecified atom stereocenters. The molecule has 2 amide bonds. The van der Waals surface area contributed by atoms with Gasteiger partial charge in [-0.05, 0) is 115 Å². The minimum atomic E-state index is -0.475. The number of carbonyl (C=O) groups is 2. The zero-order valence-electron chi connectivity index (χ0n) is 23.5. The number of rotatable bonds is 11. The van der Waals surface area contributed by atoms with Crippen LogP contribution < -0.4 is 19.5 Å². The van der Waals surface area contributed by atoms with Crippen LogP contribution in [0.25, 0.3) is 6.08 Å². The third kappa shape index (κ3) is 7.01. The number of hydrogen-bond acceptors (Lipinski definition) is 6. The van der Waals surface area contributed by atoms with Crippen molar-refractivity contribution >= 4 is 44.9 Å². The number of hydrogen-bond donors (Lipinski definition) is 1. The SMILES string of the molecule is CCCCCCCOc1c(C)c(C)c2c(c1C)CCC(C)(COc1ccc(/C=C3/SC(=O)NC3=O)cc1Br)O2. The van der Waals surface area contributed by atoms with Gasteiger partial charge in [-0.3, -0.25) is 14.9 Å². The number of thioether (sulfide) groups is 1. The number of benzene rings is 2. The van der Waals surface area contributed by atoms with E-state index in [1.54, 1.807) is 6.08 Å². The average molecular weight is 617 g/mol. The summed E-state index contributed by atoms with van der Waals surface area (Å²) in [5.41, 5.74) is 5.03. The number of carbonyl (C=O) groups excluding carboxylic acids is 2. The maximum atomic E-state index is 11.8. The van der Waals surface area contributed by atoms with Gasteiger partial charge in [-0.15, -0.1) is 0 Å². The molecule has 210 valence electrons. The quantitative estimate of drug-likeness (QED) is 0.203. The second kappa shape index (κ2) is 12.8. The van der Waals surface area contributed by atoms with E-state index in [4.69, 9.17) is 14.2 Å². The van der Waals surface area contributed by atoms with E-state index in [2.05, 4.69) is 55.9 Å². The number of imide groups is 1. The molecular formula is C31H38BrNO5S. The van der Waals surface area contributed by atoms with Crippen LogP contribution in [0.4, 0.5) is 4.79 Å². The van der Waals surface area contributed by atoms with Crippen LogP contribution in [0.5, 0.6) is 17.2 Å². The monoisotopic (exact) mass is 615 g/mol. The Morgan fingerprint density at radius 3 is 2.54 bits per heavy atom. The van der Waals surface area contributed by atoms with E-state index in [-0.39, 0.29) is 11.1 Å². The van der Waals surface area contributed by atoms with Crippen LogP contribution in [-0.4, -0.2) is 30.0 Å². The van der Waals surface area contributed by atoms with Gasteiger partial charge in [0.15, 0.2) is 0 Å². The minimum absolute atomic E-state index is 0.352. The third-order valence-corrected chi connectivity index (χ3v) is 8.92. The summed E-state index contributed by atoms with van der Waals surface area (Å²) in [5, 5.41) is 1.92. The molecule has 1 atom stereocenters. The van der Waals surface area contributed by atoms with Gasteiger partial charge in [0.25, 0.3) is 11.1 Å². The molecule has 0 saturated carbocycles. The Hall–Kier alpha value is -2.45. The molecule has 0 radical (unpaired) electrons. The topological polar surface area (TPSA) is 73.9 Å². The predicted octanol–water partition coefficient (Wildman–Crippen LogP) is 8.21. The van der Waals surface area contributed by atoms with Gasteiger partial charge in [-0.2, -0.15) is 0 Å². The zero-order valence-corrected chi connectivity index (χ0v) is 25.9. The van der Waals surface area contributed by atoms with Crippen LogP contribution in [0.15, 0.2) is 27.6 Å². The second-order valence-corrected chi connectivity index (χ2v) is 12.5. The van der Waals surface area contributed by atoms with Gasteiger partial charge < -0.3 is 14.2 Å². The van der Waals surface area contributed by atoms with Gasteiger partial charge in [-0.1, -0.05) is 38.7 Å². The summed E-state index contributed by atoms with van der Waals surface area (Å²) in [6.07, 6.45) is 9.55. The fourth-order valence-electron chi connectivity index (χ4n) is 5.01. The molecule has 0 aliphatic carbocycles. The summed E-state index contributed by atoms with van der Waals surface area (Å²) < 4.78 is 19.9. The molecule has 1 saturated heterocycles. The van der Waals surface area contributed by atoms with E-state index in [1.807, 2.05) is 18.2 Å². The van der Waals surface area contributed by atoms with Crippen molar-refractivity contribution in [2.75, 3.05) is 13.2 Å². The fraction of sp³-hybridized carbons (Fsp3) is 0.484. The number of nitrogens with one attached hydrogen (secondary N) is 1. The van der Waals surface area contributed by atoms with E-state index in [0.29, 0.717) is 17.3 Å². The van der Waals surface area contributed by atoms with Crippen molar-refractivity contribution in [3.05, 3.63) is 55.4 Å². The third-order valence-electron chi connectivity index (χ3n) is 7.49. The van der Waals surface area contributed by atoms with Crippen molar-refractivity contribution in [2.24, 2.45) is 0 Å². The van der Waals surface area contributed by atoms with Crippen molar-refractivity contribution in [1.82, 2.24) is 5.32 Å². The standard InChI is InChI=1S/C31H38BrNO5S/c1-6-7-8-9-10-15-36-27-19(2)20(3)28-23(21(27)4)13-14-31(5,38-28)18-37-25-12-11-22(16-24(25)32)17-26-29(34)33-30(35)39-26/h11-12,16-17H,6-10,13-15,18H2,1-5H3,(H,33,34,35)/b26-17+. The first kappa shape index (κ1) is 29.5. The molecule has 6 nitrogen and oxygen atoms in total. The Labute approximate surface area is 244 Å². The second-order valence-electron chi connectivity index (χ2n) is 10.7. The molecule has 0 spiro atoms. The van der Waals surface area contributed by atoms with E-state index < -0.39 is 5.60 Å². The average Bonchev–Trinajstić information content (AvgIpc) is 3.22. The van der Waals surface area contributed by atoms with Crippen LogP contribution in [0.1, 0.15) is 80.2 Å². The lowest BCUT2D eigenvalue weighted by atomic mass is 9.87. The first-order valence-electron chi connectivity index (χ1n) is 13.7. The van der Waals surface area contributed by atoms with Crippen molar-refractivity contribution in [3.63, 3.8) is 0 Å². The lowest BCUT2D eigenvalue weighted by Crippen LogP contribution is -2.42. The van der Waals surface area contributed by atoms with Gasteiger partial charge in [0.2, 0.25) is 0 Å². The minimum Gasteiger partial charge on any atom is -0.493 e. The highest BCUT2D eigenvalue weighted by Crippen LogP contribution is 2.44. The van der Waals surface area contributed by atoms with E-state index in [0.717, 1.165) is 70.3 Å². The number of unbranched alkanes of at least 4 members (excludes halogenated alkanes) is 4. The highest BCUT2D eigenvalue weighted by molar-refractivity contribution is 9.10.